The Bertz CT molecular complexity index is 1030. The summed E-state index contributed by atoms with van der Waals surface area (Å²) in [4.78, 5) is 16.3. The Kier molecular flexibility index (Phi) is 5.78. The highest BCUT2D eigenvalue weighted by Crippen LogP contribution is 2.24. The Balaban J connectivity index is 1.63. The van der Waals surface area contributed by atoms with Crippen molar-refractivity contribution in [3.8, 4) is 5.75 Å². The second kappa shape index (κ2) is 8.25. The van der Waals surface area contributed by atoms with Crippen molar-refractivity contribution < 1.29 is 18.7 Å². The Labute approximate surface area is 163 Å². The molecular weight excluding hydrogens is 359 g/mol. The molecule has 3 aromatic rings. The van der Waals surface area contributed by atoms with E-state index in [9.17, 15) is 9.18 Å². The van der Waals surface area contributed by atoms with Gasteiger partial charge in [0.25, 0.3) is 0 Å². The van der Waals surface area contributed by atoms with Crippen LogP contribution in [0.2, 0.25) is 0 Å². The van der Waals surface area contributed by atoms with Crippen LogP contribution in [0.1, 0.15) is 20.8 Å². The summed E-state index contributed by atoms with van der Waals surface area (Å²) in [6, 6.07) is 15.5. The molecule has 5 nitrogen and oxygen atoms in total. The molecule has 0 aliphatic heterocycles. The van der Waals surface area contributed by atoms with Crippen LogP contribution in [0.25, 0.3) is 21.8 Å². The summed E-state index contributed by atoms with van der Waals surface area (Å²) in [5.41, 5.74) is 1.48. The predicted molar refractivity (Wildman–Crippen MR) is 108 cm³/mol. The number of hydrogen-bond donors (Lipinski definition) is 1. The normalized spacial score (nSPS) is 12.2. The van der Waals surface area contributed by atoms with Gasteiger partial charge < -0.3 is 14.8 Å². The highest BCUT2D eigenvalue weighted by Gasteiger charge is 2.16. The van der Waals surface area contributed by atoms with Crippen molar-refractivity contribution in [2.75, 3.05) is 13.2 Å². The Morgan fingerprint density at radius 1 is 1.11 bits per heavy atom. The molecule has 1 aromatic heterocycles. The maximum atomic E-state index is 13.1. The van der Waals surface area contributed by atoms with Gasteiger partial charge in [-0.15, -0.1) is 0 Å². The van der Waals surface area contributed by atoms with Gasteiger partial charge in [0.1, 0.15) is 18.0 Å². The molecule has 28 heavy (non-hydrogen) atoms. The maximum Gasteiger partial charge on any atom is 0.407 e. The maximum absolute atomic E-state index is 13.1. The van der Waals surface area contributed by atoms with Crippen molar-refractivity contribution in [1.29, 1.82) is 0 Å². The molecule has 1 heterocycles. The molecule has 6 heteroatoms. The number of ether oxygens (including phenoxy) is 2. The third-order valence-corrected chi connectivity index (χ3v) is 3.92. The molecule has 0 aliphatic rings. The van der Waals surface area contributed by atoms with E-state index < -0.39 is 11.7 Å². The molecule has 146 valence electrons. The lowest BCUT2D eigenvalue weighted by atomic mass is 10.1. The van der Waals surface area contributed by atoms with Crippen LogP contribution in [0, 0.1) is 0 Å². The van der Waals surface area contributed by atoms with Crippen LogP contribution in [0.5, 0.6) is 5.75 Å². The fourth-order valence-corrected chi connectivity index (χ4v) is 2.65. The number of amides is 1. The van der Waals surface area contributed by atoms with Crippen molar-refractivity contribution in [3.63, 3.8) is 0 Å². The van der Waals surface area contributed by atoms with E-state index in [1.165, 1.54) is 0 Å². The van der Waals surface area contributed by atoms with E-state index in [4.69, 9.17) is 9.47 Å². The van der Waals surface area contributed by atoms with Gasteiger partial charge in [0, 0.05) is 22.9 Å². The number of alkyl carbamates (subject to hydrolysis) is 1. The van der Waals surface area contributed by atoms with E-state index >= 15 is 0 Å². The van der Waals surface area contributed by atoms with E-state index in [0.29, 0.717) is 17.7 Å². The Morgan fingerprint density at radius 3 is 2.61 bits per heavy atom. The summed E-state index contributed by atoms with van der Waals surface area (Å²) in [5, 5.41) is 4.50. The number of hydrogen-bond acceptors (Lipinski definition) is 4. The first-order valence-corrected chi connectivity index (χ1v) is 9.01. The van der Waals surface area contributed by atoms with E-state index in [1.54, 1.807) is 26.8 Å². The third kappa shape index (κ3) is 5.19. The topological polar surface area (TPSA) is 60.5 Å². The number of aromatic nitrogens is 1. The third-order valence-electron chi connectivity index (χ3n) is 3.92. The average molecular weight is 382 g/mol. The molecule has 0 bridgehead atoms. The van der Waals surface area contributed by atoms with Crippen LogP contribution in [0.4, 0.5) is 9.18 Å². The molecule has 1 amide bonds. The molecule has 1 N–H and O–H groups in total. The lowest BCUT2D eigenvalue weighted by molar-refractivity contribution is 0.0531. The summed E-state index contributed by atoms with van der Waals surface area (Å²) in [5.74, 6) is 0.598. The minimum atomic E-state index is -0.608. The number of nitrogens with zero attached hydrogens (tertiary/aromatic N) is 1. The van der Waals surface area contributed by atoms with Gasteiger partial charge in [-0.05, 0) is 51.1 Å². The lowest BCUT2D eigenvalue weighted by Crippen LogP contribution is -2.34. The molecule has 2 aromatic carbocycles. The molecule has 0 unspecified atom stereocenters. The van der Waals surface area contributed by atoms with Crippen molar-refractivity contribution in [3.05, 3.63) is 60.4 Å². The van der Waals surface area contributed by atoms with E-state index in [1.807, 2.05) is 42.5 Å². The molecule has 0 radical (unpaired) electrons. The number of nitrogens with one attached hydrogen (secondary N) is 1. The molecule has 0 saturated heterocycles. The van der Waals surface area contributed by atoms with Crippen molar-refractivity contribution in [1.82, 2.24) is 10.3 Å². The number of benzene rings is 2. The highest BCUT2D eigenvalue weighted by molar-refractivity contribution is 5.93. The Hall–Kier alpha value is -3.15. The van der Waals surface area contributed by atoms with Crippen molar-refractivity contribution in [2.24, 2.45) is 0 Å². The van der Waals surface area contributed by atoms with Crippen molar-refractivity contribution in [2.45, 2.75) is 26.4 Å². The SMILES string of the molecule is CC(C)(C)OC(=O)NC/C(=C/F)COc1ccc2nc3ccccc3cc2c1. The first-order valence-electron chi connectivity index (χ1n) is 9.01. The van der Waals surface area contributed by atoms with Gasteiger partial charge in [0.2, 0.25) is 0 Å². The van der Waals surface area contributed by atoms with Crippen LogP contribution in [-0.2, 0) is 4.74 Å². The predicted octanol–water partition coefficient (Wildman–Crippen LogP) is 5.14. The van der Waals surface area contributed by atoms with Crippen LogP contribution in [0.3, 0.4) is 0 Å². The zero-order valence-corrected chi connectivity index (χ0v) is 16.2. The largest absolute Gasteiger partial charge is 0.489 e. The summed E-state index contributed by atoms with van der Waals surface area (Å²) in [6.07, 6.45) is -0.163. The molecule has 3 rings (SSSR count). The summed E-state index contributed by atoms with van der Waals surface area (Å²) >= 11 is 0. The number of halogens is 1. The van der Waals surface area contributed by atoms with E-state index in [2.05, 4.69) is 10.3 Å². The standard InChI is InChI=1S/C22H23FN2O3/c1-22(2,3)28-21(26)24-13-15(12-23)14-27-18-8-9-20-17(11-18)10-16-6-4-5-7-19(16)25-20/h4-12H,13-14H2,1-3H3,(H,24,26)/b15-12-. The second-order valence-electron chi connectivity index (χ2n) is 7.45. The van der Waals surface area contributed by atoms with Crippen molar-refractivity contribution >= 4 is 27.9 Å². The minimum Gasteiger partial charge on any atom is -0.489 e. The molecule has 0 saturated carbocycles. The van der Waals surface area contributed by atoms with Gasteiger partial charge in [0.15, 0.2) is 0 Å². The fourth-order valence-electron chi connectivity index (χ4n) is 2.65. The molecule has 0 spiro atoms. The number of carbonyl (C=O) groups is 1. The molecule has 0 fully saturated rings. The van der Waals surface area contributed by atoms with Gasteiger partial charge in [-0.3, -0.25) is 0 Å². The van der Waals surface area contributed by atoms with Gasteiger partial charge >= 0.3 is 6.09 Å². The summed E-state index contributed by atoms with van der Waals surface area (Å²) < 4.78 is 23.9. The summed E-state index contributed by atoms with van der Waals surface area (Å²) in [7, 11) is 0. The highest BCUT2D eigenvalue weighted by atomic mass is 19.1. The van der Waals surface area contributed by atoms with Crippen LogP contribution in [-0.4, -0.2) is 29.8 Å². The number of carbonyl (C=O) groups excluding carboxylic acids is 1. The van der Waals surface area contributed by atoms with E-state index in [-0.39, 0.29) is 13.2 Å². The number of para-hydroxylation sites is 1. The lowest BCUT2D eigenvalue weighted by Gasteiger charge is -2.20. The van der Waals surface area contributed by atoms with Crippen LogP contribution in [0.15, 0.2) is 60.4 Å². The first-order chi connectivity index (χ1) is 13.3. The molecule has 0 atom stereocenters. The van der Waals surface area contributed by atoms with Crippen LogP contribution < -0.4 is 10.1 Å². The number of rotatable bonds is 5. The Morgan fingerprint density at radius 2 is 1.86 bits per heavy atom. The summed E-state index contributed by atoms with van der Waals surface area (Å²) in [6.45, 7) is 5.31. The van der Waals surface area contributed by atoms with Gasteiger partial charge in [-0.25, -0.2) is 14.2 Å². The van der Waals surface area contributed by atoms with Gasteiger partial charge in [0.05, 0.1) is 17.4 Å². The van der Waals surface area contributed by atoms with Gasteiger partial charge in [-0.1, -0.05) is 18.2 Å². The zero-order chi connectivity index (χ0) is 20.1. The monoisotopic (exact) mass is 382 g/mol. The average Bonchev–Trinajstić information content (AvgIpc) is 2.65. The van der Waals surface area contributed by atoms with E-state index in [0.717, 1.165) is 21.8 Å². The number of fused-ring (bicyclic) bond motifs is 2. The second-order valence-corrected chi connectivity index (χ2v) is 7.45. The quantitative estimate of drug-likeness (QED) is 0.620. The molecular formula is C22H23FN2O3. The van der Waals surface area contributed by atoms with Crippen LogP contribution >= 0.6 is 0 Å². The molecule has 0 aliphatic carbocycles. The fraction of sp³-hybridized carbons (Fsp3) is 0.273. The van der Waals surface area contributed by atoms with Gasteiger partial charge in [-0.2, -0.15) is 0 Å². The number of pyridine rings is 1. The first kappa shape index (κ1) is 19.6. The minimum absolute atomic E-state index is 0.00515. The smallest absolute Gasteiger partial charge is 0.407 e. The zero-order valence-electron chi connectivity index (χ0n) is 16.2.